The second-order valence-corrected chi connectivity index (χ2v) is 7.72. The number of hydrogen-bond acceptors (Lipinski definition) is 6. The Morgan fingerprint density at radius 2 is 0.757 bits per heavy atom. The zero-order valence-corrected chi connectivity index (χ0v) is 19.5. The van der Waals surface area contributed by atoms with Crippen LogP contribution >= 0.6 is 0 Å². The molecule has 5 heterocycles. The summed E-state index contributed by atoms with van der Waals surface area (Å²) in [4.78, 5) is 62.4. The molecule has 3 aromatic rings. The number of rotatable bonds is 4. The predicted octanol–water partition coefficient (Wildman–Crippen LogP) is 3.45. The molecule has 0 atom stereocenters. The third-order valence-corrected chi connectivity index (χ3v) is 5.61. The van der Waals surface area contributed by atoms with Crippen LogP contribution in [0.1, 0.15) is 64.2 Å². The average molecular weight is 541 g/mol. The van der Waals surface area contributed by atoms with E-state index in [4.69, 9.17) is 0 Å². The molecule has 6 N–H and O–H groups in total. The van der Waals surface area contributed by atoms with Gasteiger partial charge in [0.1, 0.15) is 22.3 Å². The van der Waals surface area contributed by atoms with E-state index in [1.165, 1.54) is 48.6 Å². The minimum atomic E-state index is -1.40. The van der Waals surface area contributed by atoms with E-state index in [2.05, 4.69) is 19.9 Å². The summed E-state index contributed by atoms with van der Waals surface area (Å²) < 4.78 is 0. The number of carboxylic acids is 4. The molecule has 0 unspecified atom stereocenters. The Morgan fingerprint density at radius 3 is 1.05 bits per heavy atom. The van der Waals surface area contributed by atoms with Crippen molar-refractivity contribution in [2.24, 2.45) is 0 Å². The summed E-state index contributed by atoms with van der Waals surface area (Å²) in [6.07, 6.45) is 5.26. The van der Waals surface area contributed by atoms with Crippen molar-refractivity contribution >= 4 is 70.2 Å². The van der Waals surface area contributed by atoms with Crippen LogP contribution in [-0.2, 0) is 17.1 Å². The molecule has 0 amide bonds. The Morgan fingerprint density at radius 1 is 0.486 bits per heavy atom. The number of H-pyrrole nitrogens is 2. The Kier molecular flexibility index (Phi) is 6.26. The maximum atomic E-state index is 12.1. The smallest absolute Gasteiger partial charge is 0.478 e. The van der Waals surface area contributed by atoms with Crippen LogP contribution in [0.2, 0.25) is 0 Å². The number of carbonyl (C=O) groups is 4. The molecule has 0 fully saturated rings. The molecule has 8 bridgehead atoms. The Balaban J connectivity index is 0.00000320. The van der Waals surface area contributed by atoms with Crippen LogP contribution in [0, 0.1) is 0 Å². The van der Waals surface area contributed by atoms with Gasteiger partial charge in [0.05, 0.1) is 44.8 Å². The van der Waals surface area contributed by atoms with E-state index in [1.54, 1.807) is 0 Å². The fraction of sp³-hybridized carbons (Fsp3) is 0. The normalized spacial score (nSPS) is 11.7. The molecule has 0 saturated heterocycles. The van der Waals surface area contributed by atoms with Crippen molar-refractivity contribution in [3.8, 4) is 0 Å². The first-order valence-corrected chi connectivity index (χ1v) is 10.2. The summed E-state index contributed by atoms with van der Waals surface area (Å²) in [5.41, 5.74) is -1.38. The van der Waals surface area contributed by atoms with Gasteiger partial charge < -0.3 is 30.4 Å². The Labute approximate surface area is 216 Å². The van der Waals surface area contributed by atoms with E-state index in [1.807, 2.05) is 0 Å². The van der Waals surface area contributed by atoms with Crippen LogP contribution in [0.5, 0.6) is 0 Å². The largest absolute Gasteiger partial charge is 3.00 e. The Bertz CT molecular complexity index is 1650. The van der Waals surface area contributed by atoms with Crippen molar-refractivity contribution in [2.75, 3.05) is 0 Å². The fourth-order valence-electron chi connectivity index (χ4n) is 4.11. The first-order chi connectivity index (χ1) is 17.2. The van der Waals surface area contributed by atoms with E-state index in [9.17, 15) is 39.6 Å². The molecular formula is C24H14MnN4O8+3. The molecule has 3 aromatic heterocycles. The van der Waals surface area contributed by atoms with Crippen LogP contribution < -0.4 is 0 Å². The number of fused-ring (bicyclic) bond motifs is 8. The zero-order valence-electron chi connectivity index (χ0n) is 18.3. The van der Waals surface area contributed by atoms with Gasteiger partial charge in [0.25, 0.3) is 0 Å². The van der Waals surface area contributed by atoms with Gasteiger partial charge in [-0.1, -0.05) is 0 Å². The number of aromatic amines is 2. The third-order valence-electron chi connectivity index (χ3n) is 5.61. The van der Waals surface area contributed by atoms with Crippen molar-refractivity contribution in [3.63, 3.8) is 0 Å². The Hall–Kier alpha value is -5.00. The van der Waals surface area contributed by atoms with E-state index < -0.39 is 23.9 Å². The first-order valence-electron chi connectivity index (χ1n) is 10.2. The van der Waals surface area contributed by atoms with Gasteiger partial charge in [-0.3, -0.25) is 0 Å². The second-order valence-electron chi connectivity index (χ2n) is 7.72. The second kappa shape index (κ2) is 9.22. The summed E-state index contributed by atoms with van der Waals surface area (Å²) in [5, 5.41) is 39.5. The molecule has 0 aliphatic carbocycles. The average Bonchev–Trinajstić information content (AvgIpc) is 3.57. The van der Waals surface area contributed by atoms with Crippen molar-refractivity contribution < 1.29 is 56.7 Å². The van der Waals surface area contributed by atoms with Crippen LogP contribution in [0.3, 0.4) is 0 Å². The molecule has 0 saturated carbocycles. The van der Waals surface area contributed by atoms with Gasteiger partial charge in [-0.15, -0.1) is 0 Å². The minimum absolute atomic E-state index is 0. The maximum absolute atomic E-state index is 12.1. The van der Waals surface area contributed by atoms with Crippen molar-refractivity contribution in [1.29, 1.82) is 0 Å². The SMILES string of the molecule is O=C(O)c1c2nc(c(C(=O)O)c3ccc([nH]3)c(C(=O)O)c3ccc([nH]3)c(C(=O)O)c3nc1C=C3)C=C2.[Mn+3]. The molecule has 0 aromatic carbocycles. The van der Waals surface area contributed by atoms with Gasteiger partial charge in [0, 0.05) is 0 Å². The molecule has 12 nitrogen and oxygen atoms in total. The number of nitrogens with one attached hydrogen (secondary N) is 2. The van der Waals surface area contributed by atoms with Crippen LogP contribution in [0.4, 0.5) is 0 Å². The maximum Gasteiger partial charge on any atom is 3.00 e. The van der Waals surface area contributed by atoms with E-state index in [-0.39, 0.29) is 84.2 Å². The summed E-state index contributed by atoms with van der Waals surface area (Å²) in [5.74, 6) is -5.50. The summed E-state index contributed by atoms with van der Waals surface area (Å²) in [6.45, 7) is 0. The molecule has 2 aliphatic heterocycles. The van der Waals surface area contributed by atoms with Gasteiger partial charge >= 0.3 is 40.9 Å². The topological polar surface area (TPSA) is 207 Å². The zero-order chi connectivity index (χ0) is 25.7. The van der Waals surface area contributed by atoms with Crippen molar-refractivity contribution in [3.05, 3.63) is 69.3 Å². The predicted molar refractivity (Wildman–Crippen MR) is 127 cm³/mol. The van der Waals surface area contributed by atoms with Crippen molar-refractivity contribution in [2.45, 2.75) is 0 Å². The third kappa shape index (κ3) is 4.18. The molecule has 0 radical (unpaired) electrons. The number of nitrogens with zero attached hydrogens (tertiary/aromatic N) is 2. The van der Waals surface area contributed by atoms with E-state index in [0.717, 1.165) is 0 Å². The number of aromatic nitrogens is 4. The van der Waals surface area contributed by atoms with Gasteiger partial charge in [-0.05, 0) is 48.6 Å². The van der Waals surface area contributed by atoms with Gasteiger partial charge in [0.15, 0.2) is 0 Å². The molecule has 37 heavy (non-hydrogen) atoms. The fourth-order valence-corrected chi connectivity index (χ4v) is 4.11. The standard InChI is InChI=1S/C24H14N4O8.Mn/c29-21(30)17-9-1-2-10(25-9)18(22(31)32)12-5-6-14(27-12)20(24(35)36)16-8-7-15(28-16)19(23(33)34)13-4-3-11(17)26-13;/h1-8,25-26H,(H,29,30)(H,31,32)(H,33,34)(H,35,36);/q;+3. The summed E-state index contributed by atoms with van der Waals surface area (Å²) >= 11 is 0. The summed E-state index contributed by atoms with van der Waals surface area (Å²) in [6, 6.07) is 5.45. The van der Waals surface area contributed by atoms with Crippen LogP contribution in [-0.4, -0.2) is 64.2 Å². The van der Waals surface area contributed by atoms with Gasteiger partial charge in [-0.2, -0.15) is 0 Å². The van der Waals surface area contributed by atoms with Crippen LogP contribution in [0.15, 0.2) is 24.3 Å². The monoisotopic (exact) mass is 541 g/mol. The van der Waals surface area contributed by atoms with Gasteiger partial charge in [0.2, 0.25) is 0 Å². The molecule has 13 heteroatoms. The van der Waals surface area contributed by atoms with Crippen LogP contribution in [0.25, 0.3) is 46.4 Å². The molecule has 182 valence electrons. The minimum Gasteiger partial charge on any atom is -0.478 e. The summed E-state index contributed by atoms with van der Waals surface area (Å²) in [7, 11) is 0. The molecule has 0 spiro atoms. The van der Waals surface area contributed by atoms with E-state index in [0.29, 0.717) is 0 Å². The number of aromatic carboxylic acids is 4. The van der Waals surface area contributed by atoms with Crippen molar-refractivity contribution in [1.82, 2.24) is 19.9 Å². The van der Waals surface area contributed by atoms with Gasteiger partial charge in [-0.25, -0.2) is 29.1 Å². The molecular weight excluding hydrogens is 527 g/mol. The number of hydrogen-bond donors (Lipinski definition) is 6. The number of carboxylic acid groups (broad SMARTS) is 4. The molecule has 5 rings (SSSR count). The quantitative estimate of drug-likeness (QED) is 0.183. The molecule has 2 aliphatic rings. The first kappa shape index (κ1) is 25.1. The van der Waals surface area contributed by atoms with E-state index >= 15 is 0 Å².